The van der Waals surface area contributed by atoms with E-state index >= 15 is 0 Å². The van der Waals surface area contributed by atoms with E-state index in [1.165, 1.54) is 32.4 Å². The van der Waals surface area contributed by atoms with E-state index in [0.29, 0.717) is 5.75 Å². The first-order chi connectivity index (χ1) is 12.5. The fourth-order valence-corrected chi connectivity index (χ4v) is 3.82. The average molecular weight is 350 g/mol. The quantitative estimate of drug-likeness (QED) is 0.588. The van der Waals surface area contributed by atoms with E-state index in [2.05, 4.69) is 17.7 Å². The van der Waals surface area contributed by atoms with Crippen LogP contribution in [0.2, 0.25) is 0 Å². The third kappa shape index (κ3) is 3.98. The van der Waals surface area contributed by atoms with Gasteiger partial charge in [-0.3, -0.25) is 0 Å². The Morgan fingerprint density at radius 1 is 1.04 bits per heavy atom. The first kappa shape index (κ1) is 18.2. The molecular formula is C23H26O3. The van der Waals surface area contributed by atoms with Gasteiger partial charge < -0.3 is 9.84 Å². The van der Waals surface area contributed by atoms with Gasteiger partial charge in [0, 0.05) is 11.6 Å². The van der Waals surface area contributed by atoms with Crippen LogP contribution >= 0.6 is 0 Å². The minimum absolute atomic E-state index is 0.0571. The second-order valence-corrected chi connectivity index (χ2v) is 7.33. The van der Waals surface area contributed by atoms with Crippen LogP contribution in [0.5, 0.6) is 5.75 Å². The van der Waals surface area contributed by atoms with E-state index in [9.17, 15) is 9.90 Å². The molecule has 136 valence electrons. The molecule has 1 N–H and O–H groups in total. The number of benzene rings is 2. The van der Waals surface area contributed by atoms with E-state index in [1.807, 2.05) is 36.4 Å². The highest BCUT2D eigenvalue weighted by molar-refractivity contribution is 5.87. The van der Waals surface area contributed by atoms with Crippen molar-refractivity contribution in [3.05, 3.63) is 59.7 Å². The Kier molecular flexibility index (Phi) is 5.46. The number of aromatic hydroxyl groups is 1. The van der Waals surface area contributed by atoms with E-state index in [4.69, 9.17) is 0 Å². The molecule has 0 aromatic heterocycles. The molecule has 0 amide bonds. The van der Waals surface area contributed by atoms with E-state index in [1.54, 1.807) is 6.08 Å². The molecule has 2 aromatic rings. The minimum atomic E-state index is -0.363. The Hall–Kier alpha value is -2.55. The summed E-state index contributed by atoms with van der Waals surface area (Å²) in [4.78, 5) is 11.2. The van der Waals surface area contributed by atoms with Gasteiger partial charge in [-0.25, -0.2) is 4.79 Å². The SMILES string of the molecule is COC(=O)C=Cc1ccc(-c2ccc(O)c(C3(C)CCCCC3)c2)cc1. The highest BCUT2D eigenvalue weighted by Crippen LogP contribution is 2.43. The van der Waals surface area contributed by atoms with Crippen LogP contribution in [0.15, 0.2) is 48.5 Å². The van der Waals surface area contributed by atoms with Crippen LogP contribution in [0.3, 0.4) is 0 Å². The second-order valence-electron chi connectivity index (χ2n) is 7.33. The largest absolute Gasteiger partial charge is 0.508 e. The Labute approximate surface area is 155 Å². The van der Waals surface area contributed by atoms with Gasteiger partial charge in [-0.15, -0.1) is 0 Å². The number of hydrogen-bond donors (Lipinski definition) is 1. The Bertz CT molecular complexity index is 797. The Balaban J connectivity index is 1.87. The number of methoxy groups -OCH3 is 1. The number of carbonyl (C=O) groups is 1. The zero-order valence-electron chi connectivity index (χ0n) is 15.5. The van der Waals surface area contributed by atoms with Crippen molar-refractivity contribution in [3.8, 4) is 16.9 Å². The van der Waals surface area contributed by atoms with Crippen molar-refractivity contribution >= 4 is 12.0 Å². The van der Waals surface area contributed by atoms with Gasteiger partial charge in [0.1, 0.15) is 5.75 Å². The summed E-state index contributed by atoms with van der Waals surface area (Å²) >= 11 is 0. The predicted molar refractivity (Wildman–Crippen MR) is 105 cm³/mol. The topological polar surface area (TPSA) is 46.5 Å². The molecule has 0 aliphatic heterocycles. The molecule has 26 heavy (non-hydrogen) atoms. The lowest BCUT2D eigenvalue weighted by Gasteiger charge is -2.34. The molecule has 0 saturated heterocycles. The van der Waals surface area contributed by atoms with Crippen LogP contribution in [0.4, 0.5) is 0 Å². The fourth-order valence-electron chi connectivity index (χ4n) is 3.82. The van der Waals surface area contributed by atoms with E-state index in [-0.39, 0.29) is 11.4 Å². The molecular weight excluding hydrogens is 324 g/mol. The zero-order valence-corrected chi connectivity index (χ0v) is 15.5. The van der Waals surface area contributed by atoms with Crippen LogP contribution in [-0.2, 0) is 14.9 Å². The summed E-state index contributed by atoms with van der Waals surface area (Å²) in [7, 11) is 1.37. The van der Waals surface area contributed by atoms with Crippen LogP contribution in [0, 0.1) is 0 Å². The number of phenolic OH excluding ortho intramolecular Hbond substituents is 1. The van der Waals surface area contributed by atoms with E-state index < -0.39 is 0 Å². The van der Waals surface area contributed by atoms with Crippen LogP contribution in [0.25, 0.3) is 17.2 Å². The maximum absolute atomic E-state index is 11.2. The monoisotopic (exact) mass is 350 g/mol. The summed E-state index contributed by atoms with van der Waals surface area (Å²) in [5.74, 6) is 0.0359. The smallest absolute Gasteiger partial charge is 0.330 e. The van der Waals surface area contributed by atoms with Crippen LogP contribution < -0.4 is 0 Å². The summed E-state index contributed by atoms with van der Waals surface area (Å²) < 4.78 is 4.61. The molecule has 0 atom stereocenters. The zero-order chi connectivity index (χ0) is 18.6. The average Bonchev–Trinajstić information content (AvgIpc) is 2.67. The van der Waals surface area contributed by atoms with Gasteiger partial charge in [0.15, 0.2) is 0 Å². The molecule has 1 fully saturated rings. The van der Waals surface area contributed by atoms with Gasteiger partial charge in [-0.1, -0.05) is 56.5 Å². The van der Waals surface area contributed by atoms with E-state index in [0.717, 1.165) is 35.1 Å². The number of ether oxygens (including phenoxy) is 1. The van der Waals surface area contributed by atoms with Crippen molar-refractivity contribution < 1.29 is 14.6 Å². The first-order valence-electron chi connectivity index (χ1n) is 9.22. The van der Waals surface area contributed by atoms with Gasteiger partial charge in [0.05, 0.1) is 7.11 Å². The molecule has 1 aliphatic carbocycles. The minimum Gasteiger partial charge on any atom is -0.508 e. The summed E-state index contributed by atoms with van der Waals surface area (Å²) in [6, 6.07) is 13.9. The van der Waals surface area contributed by atoms with Gasteiger partial charge in [-0.2, -0.15) is 0 Å². The standard InChI is InChI=1S/C23H26O3/c1-23(14-4-3-5-15-23)20-16-19(11-12-21(20)24)18-9-6-17(7-10-18)8-13-22(25)26-2/h6-13,16,24H,3-5,14-15H2,1-2H3. The van der Waals surface area contributed by atoms with Crippen molar-refractivity contribution in [3.63, 3.8) is 0 Å². The molecule has 1 saturated carbocycles. The molecule has 3 nitrogen and oxygen atoms in total. The van der Waals surface area contributed by atoms with Crippen LogP contribution in [-0.4, -0.2) is 18.2 Å². The molecule has 0 heterocycles. The first-order valence-corrected chi connectivity index (χ1v) is 9.22. The lowest BCUT2D eigenvalue weighted by molar-refractivity contribution is -0.134. The highest BCUT2D eigenvalue weighted by atomic mass is 16.5. The third-order valence-electron chi connectivity index (χ3n) is 5.46. The maximum atomic E-state index is 11.2. The Morgan fingerprint density at radius 3 is 2.35 bits per heavy atom. The van der Waals surface area contributed by atoms with Crippen molar-refractivity contribution in [1.82, 2.24) is 0 Å². The fraction of sp³-hybridized carbons (Fsp3) is 0.348. The predicted octanol–water partition coefficient (Wildman–Crippen LogP) is 5.47. The number of esters is 1. The molecule has 1 aliphatic rings. The number of phenols is 1. The highest BCUT2D eigenvalue weighted by Gasteiger charge is 2.31. The lowest BCUT2D eigenvalue weighted by Crippen LogP contribution is -2.25. The third-order valence-corrected chi connectivity index (χ3v) is 5.46. The lowest BCUT2D eigenvalue weighted by atomic mass is 9.70. The second kappa shape index (κ2) is 7.77. The summed E-state index contributed by atoms with van der Waals surface area (Å²) in [6.45, 7) is 2.27. The molecule has 0 radical (unpaired) electrons. The summed E-state index contributed by atoms with van der Waals surface area (Å²) in [6.07, 6.45) is 9.14. The molecule has 2 aromatic carbocycles. The van der Waals surface area contributed by atoms with Crippen molar-refractivity contribution in [2.45, 2.75) is 44.4 Å². The van der Waals surface area contributed by atoms with Gasteiger partial charge in [0.25, 0.3) is 0 Å². The van der Waals surface area contributed by atoms with Gasteiger partial charge in [0.2, 0.25) is 0 Å². The molecule has 3 rings (SSSR count). The van der Waals surface area contributed by atoms with Crippen LogP contribution in [0.1, 0.15) is 50.2 Å². The normalized spacial score (nSPS) is 16.5. The molecule has 0 unspecified atom stereocenters. The van der Waals surface area contributed by atoms with Gasteiger partial charge >= 0.3 is 5.97 Å². The van der Waals surface area contributed by atoms with Crippen molar-refractivity contribution in [2.75, 3.05) is 7.11 Å². The van der Waals surface area contributed by atoms with Crippen molar-refractivity contribution in [2.24, 2.45) is 0 Å². The Morgan fingerprint density at radius 2 is 1.69 bits per heavy atom. The molecule has 3 heteroatoms. The summed E-state index contributed by atoms with van der Waals surface area (Å²) in [5.41, 5.74) is 4.26. The van der Waals surface area contributed by atoms with Gasteiger partial charge in [-0.05, 0) is 53.2 Å². The molecule has 0 bridgehead atoms. The number of hydrogen-bond acceptors (Lipinski definition) is 3. The number of rotatable bonds is 4. The maximum Gasteiger partial charge on any atom is 0.330 e. The summed E-state index contributed by atoms with van der Waals surface area (Å²) in [5, 5.41) is 10.4. The van der Waals surface area contributed by atoms with Crippen molar-refractivity contribution in [1.29, 1.82) is 0 Å². The molecule has 0 spiro atoms. The number of carbonyl (C=O) groups excluding carboxylic acids is 1.